The number of fused-ring (bicyclic) bond motifs is 1. The maximum atomic E-state index is 12.7. The number of carboxylic acids is 1. The number of rotatable bonds is 4. The molecule has 0 radical (unpaired) electrons. The van der Waals surface area contributed by atoms with Crippen LogP contribution in [0.4, 0.5) is 19.1 Å². The van der Waals surface area contributed by atoms with E-state index in [1.165, 1.54) is 13.2 Å². The zero-order chi connectivity index (χ0) is 14.9. The molecule has 20 heavy (non-hydrogen) atoms. The Kier molecular flexibility index (Phi) is 3.47. The second-order valence-corrected chi connectivity index (χ2v) is 3.92. The van der Waals surface area contributed by atoms with Gasteiger partial charge in [0.25, 0.3) is 0 Å². The van der Waals surface area contributed by atoms with E-state index in [2.05, 4.69) is 20.4 Å². The Balaban J connectivity index is 2.54. The van der Waals surface area contributed by atoms with Crippen LogP contribution in [0.3, 0.4) is 0 Å². The van der Waals surface area contributed by atoms with Crippen molar-refractivity contribution >= 4 is 17.6 Å². The first-order valence-electron chi connectivity index (χ1n) is 5.54. The molecular weight excluding hydrogens is 279 g/mol. The minimum atomic E-state index is -4.69. The van der Waals surface area contributed by atoms with Crippen molar-refractivity contribution in [1.82, 2.24) is 19.6 Å². The summed E-state index contributed by atoms with van der Waals surface area (Å²) in [5.41, 5.74) is 0.259. The smallest absolute Gasteiger partial charge is 0.451 e. The molecule has 0 aliphatic heterocycles. The predicted octanol–water partition coefficient (Wildman–Crippen LogP) is 1.20. The third-order valence-electron chi connectivity index (χ3n) is 2.53. The highest BCUT2D eigenvalue weighted by atomic mass is 19.4. The number of alkyl halides is 3. The third-order valence-corrected chi connectivity index (χ3v) is 2.53. The fourth-order valence-corrected chi connectivity index (χ4v) is 1.63. The normalized spacial score (nSPS) is 11.8. The van der Waals surface area contributed by atoms with Crippen LogP contribution in [0.1, 0.15) is 17.8 Å². The largest absolute Gasteiger partial charge is 0.481 e. The molecule has 0 saturated carbocycles. The van der Waals surface area contributed by atoms with Crippen molar-refractivity contribution in [1.29, 1.82) is 0 Å². The standard InChI is InChI=1S/C10H10F3N5O2/c1-14-9-17-8(10(11,12)13)16-7-5(2-3-6(19)20)4-15-18(7)9/h4H,2-3H2,1H3,(H,19,20)(H,14,16,17). The average molecular weight is 289 g/mol. The van der Waals surface area contributed by atoms with Crippen LogP contribution in [0.5, 0.6) is 0 Å². The molecule has 2 N–H and O–H groups in total. The number of aliphatic carboxylic acids is 1. The van der Waals surface area contributed by atoms with E-state index < -0.39 is 18.0 Å². The molecule has 108 valence electrons. The van der Waals surface area contributed by atoms with Gasteiger partial charge in [-0.3, -0.25) is 4.79 Å². The van der Waals surface area contributed by atoms with Gasteiger partial charge >= 0.3 is 12.1 Å². The van der Waals surface area contributed by atoms with Gasteiger partial charge in [0, 0.05) is 19.0 Å². The molecule has 0 amide bonds. The van der Waals surface area contributed by atoms with Crippen LogP contribution < -0.4 is 5.32 Å². The number of aromatic nitrogens is 4. The highest BCUT2D eigenvalue weighted by molar-refractivity contribution is 5.67. The molecule has 2 heterocycles. The first-order valence-corrected chi connectivity index (χ1v) is 5.54. The summed E-state index contributed by atoms with van der Waals surface area (Å²) in [7, 11) is 1.40. The summed E-state index contributed by atoms with van der Waals surface area (Å²) in [4.78, 5) is 17.3. The van der Waals surface area contributed by atoms with Gasteiger partial charge in [-0.2, -0.15) is 27.8 Å². The lowest BCUT2D eigenvalue weighted by molar-refractivity contribution is -0.144. The topological polar surface area (TPSA) is 92.4 Å². The van der Waals surface area contributed by atoms with Crippen LogP contribution >= 0.6 is 0 Å². The van der Waals surface area contributed by atoms with Crippen LogP contribution in [0.15, 0.2) is 6.20 Å². The SMILES string of the molecule is CNc1nc(C(F)(F)F)nc2c(CCC(=O)O)cnn12. The van der Waals surface area contributed by atoms with Crippen molar-refractivity contribution in [2.45, 2.75) is 19.0 Å². The number of nitrogens with one attached hydrogen (secondary N) is 1. The molecule has 0 fully saturated rings. The minimum absolute atomic E-state index is 0.0380. The highest BCUT2D eigenvalue weighted by Gasteiger charge is 2.36. The molecule has 0 saturated heterocycles. The van der Waals surface area contributed by atoms with Gasteiger partial charge in [0.15, 0.2) is 5.65 Å². The summed E-state index contributed by atoms with van der Waals surface area (Å²) in [5, 5.41) is 15.0. The number of aryl methyl sites for hydroxylation is 1. The van der Waals surface area contributed by atoms with E-state index in [1.54, 1.807) is 0 Å². The summed E-state index contributed by atoms with van der Waals surface area (Å²) in [5.74, 6) is -2.47. The Morgan fingerprint density at radius 2 is 2.15 bits per heavy atom. The molecule has 0 aliphatic rings. The molecular formula is C10H10F3N5O2. The quantitative estimate of drug-likeness (QED) is 0.878. The zero-order valence-electron chi connectivity index (χ0n) is 10.3. The van der Waals surface area contributed by atoms with Crippen molar-refractivity contribution < 1.29 is 23.1 Å². The van der Waals surface area contributed by atoms with Crippen molar-refractivity contribution in [3.05, 3.63) is 17.6 Å². The Hall–Kier alpha value is -2.39. The van der Waals surface area contributed by atoms with Crippen LogP contribution in [0, 0.1) is 0 Å². The Morgan fingerprint density at radius 3 is 2.70 bits per heavy atom. The van der Waals surface area contributed by atoms with Crippen molar-refractivity contribution in [3.63, 3.8) is 0 Å². The predicted molar refractivity (Wildman–Crippen MR) is 61.3 cm³/mol. The van der Waals surface area contributed by atoms with Crippen molar-refractivity contribution in [2.24, 2.45) is 0 Å². The van der Waals surface area contributed by atoms with E-state index in [1.807, 2.05) is 0 Å². The third kappa shape index (κ3) is 2.63. The lowest BCUT2D eigenvalue weighted by Gasteiger charge is -2.08. The number of carboxylic acid groups (broad SMARTS) is 1. The number of hydrogen-bond acceptors (Lipinski definition) is 5. The fourth-order valence-electron chi connectivity index (χ4n) is 1.63. The molecule has 7 nitrogen and oxygen atoms in total. The van der Waals surface area contributed by atoms with Gasteiger partial charge in [-0.25, -0.2) is 4.98 Å². The Bertz CT molecular complexity index is 652. The highest BCUT2D eigenvalue weighted by Crippen LogP contribution is 2.28. The van der Waals surface area contributed by atoms with E-state index in [0.717, 1.165) is 4.52 Å². The van der Waals surface area contributed by atoms with E-state index in [4.69, 9.17) is 5.11 Å². The molecule has 0 aromatic carbocycles. The van der Waals surface area contributed by atoms with Gasteiger partial charge in [0.1, 0.15) is 0 Å². The van der Waals surface area contributed by atoms with Gasteiger partial charge in [-0.1, -0.05) is 0 Å². The number of hydrogen-bond donors (Lipinski definition) is 2. The molecule has 0 unspecified atom stereocenters. The summed E-state index contributed by atoms with van der Waals surface area (Å²) in [6.45, 7) is 0. The first kappa shape index (κ1) is 14.0. The molecule has 2 aromatic rings. The van der Waals surface area contributed by atoms with E-state index in [9.17, 15) is 18.0 Å². The van der Waals surface area contributed by atoms with E-state index in [0.29, 0.717) is 5.56 Å². The fraction of sp³-hybridized carbons (Fsp3) is 0.400. The molecule has 10 heteroatoms. The summed E-state index contributed by atoms with van der Waals surface area (Å²) >= 11 is 0. The van der Waals surface area contributed by atoms with Gasteiger partial charge < -0.3 is 10.4 Å². The lowest BCUT2D eigenvalue weighted by Crippen LogP contribution is -2.15. The van der Waals surface area contributed by atoms with E-state index in [-0.39, 0.29) is 24.4 Å². The van der Waals surface area contributed by atoms with Gasteiger partial charge in [0.2, 0.25) is 11.8 Å². The number of halogens is 3. The maximum Gasteiger partial charge on any atom is 0.451 e. The summed E-state index contributed by atoms with van der Waals surface area (Å²) in [6, 6.07) is 0. The van der Waals surface area contributed by atoms with Crippen molar-refractivity contribution in [2.75, 3.05) is 12.4 Å². The second-order valence-electron chi connectivity index (χ2n) is 3.92. The van der Waals surface area contributed by atoms with Crippen LogP contribution in [-0.2, 0) is 17.4 Å². The number of carbonyl (C=O) groups is 1. The summed E-state index contributed by atoms with van der Waals surface area (Å²) < 4.78 is 39.2. The molecule has 0 bridgehead atoms. The molecule has 2 aromatic heterocycles. The second kappa shape index (κ2) is 4.94. The lowest BCUT2D eigenvalue weighted by atomic mass is 10.2. The molecule has 2 rings (SSSR count). The van der Waals surface area contributed by atoms with Crippen LogP contribution in [0.2, 0.25) is 0 Å². The molecule has 0 atom stereocenters. The minimum Gasteiger partial charge on any atom is -0.481 e. The van der Waals surface area contributed by atoms with E-state index >= 15 is 0 Å². The Labute approximate surface area is 110 Å². The number of anilines is 1. The Morgan fingerprint density at radius 1 is 1.45 bits per heavy atom. The van der Waals surface area contributed by atoms with Gasteiger partial charge in [-0.15, -0.1) is 0 Å². The van der Waals surface area contributed by atoms with Crippen molar-refractivity contribution in [3.8, 4) is 0 Å². The van der Waals surface area contributed by atoms with Gasteiger partial charge in [0.05, 0.1) is 6.20 Å². The van der Waals surface area contributed by atoms with Gasteiger partial charge in [-0.05, 0) is 6.42 Å². The maximum absolute atomic E-state index is 12.7. The molecule has 0 spiro atoms. The van der Waals surface area contributed by atoms with Crippen LogP contribution in [0.25, 0.3) is 5.65 Å². The number of nitrogens with zero attached hydrogens (tertiary/aromatic N) is 4. The first-order chi connectivity index (χ1) is 9.32. The summed E-state index contributed by atoms with van der Waals surface area (Å²) in [6.07, 6.45) is -3.59. The zero-order valence-corrected chi connectivity index (χ0v) is 10.3. The average Bonchev–Trinajstić information content (AvgIpc) is 2.77. The molecule has 0 aliphatic carbocycles. The monoisotopic (exact) mass is 289 g/mol. The van der Waals surface area contributed by atoms with Crippen LogP contribution in [-0.4, -0.2) is 37.7 Å².